The van der Waals surface area contributed by atoms with Gasteiger partial charge in [-0.15, -0.1) is 0 Å². The van der Waals surface area contributed by atoms with Gasteiger partial charge in [0.05, 0.1) is 0 Å². The monoisotopic (exact) mass is 323 g/mol. The lowest BCUT2D eigenvalue weighted by atomic mass is 9.93. The van der Waals surface area contributed by atoms with Crippen molar-refractivity contribution in [3.63, 3.8) is 0 Å². The molecule has 0 saturated carbocycles. The van der Waals surface area contributed by atoms with E-state index >= 15 is 0 Å². The van der Waals surface area contributed by atoms with Crippen molar-refractivity contribution in [2.24, 2.45) is 11.7 Å². The average molecular weight is 323 g/mol. The zero-order valence-electron chi connectivity index (χ0n) is 13.1. The molecular formula is C16H25N3O2S. The van der Waals surface area contributed by atoms with Gasteiger partial charge in [-0.1, -0.05) is 24.3 Å². The summed E-state index contributed by atoms with van der Waals surface area (Å²) in [5.41, 5.74) is 8.37. The number of benzene rings is 1. The molecule has 2 N–H and O–H groups in total. The van der Waals surface area contributed by atoms with Crippen molar-refractivity contribution in [1.29, 1.82) is 0 Å². The number of piperidine rings is 1. The van der Waals surface area contributed by atoms with Crippen LogP contribution in [-0.2, 0) is 23.2 Å². The topological polar surface area (TPSA) is 66.6 Å². The zero-order chi connectivity index (χ0) is 15.7. The molecule has 22 heavy (non-hydrogen) atoms. The number of hydrogen-bond acceptors (Lipinski definition) is 3. The van der Waals surface area contributed by atoms with E-state index in [0.29, 0.717) is 26.2 Å². The summed E-state index contributed by atoms with van der Waals surface area (Å²) < 4.78 is 29.1. The first kappa shape index (κ1) is 15.9. The molecular weight excluding hydrogens is 298 g/mol. The standard InChI is InChI=1S/C16H25N3O2S/c1-13(17)15-7-4-9-18(11-15)22(20,21)19-10-8-14-5-2-3-6-16(14)12-19/h2-3,5-6,13,15H,4,7-12,17H2,1H3. The van der Waals surface area contributed by atoms with Crippen molar-refractivity contribution in [3.8, 4) is 0 Å². The highest BCUT2D eigenvalue weighted by molar-refractivity contribution is 7.86. The first-order valence-corrected chi connectivity index (χ1v) is 9.46. The minimum absolute atomic E-state index is 0.0417. The fourth-order valence-electron chi connectivity index (χ4n) is 3.44. The third kappa shape index (κ3) is 3.06. The van der Waals surface area contributed by atoms with Gasteiger partial charge in [-0.05, 0) is 43.2 Å². The third-order valence-corrected chi connectivity index (χ3v) is 6.86. The van der Waals surface area contributed by atoms with Crippen molar-refractivity contribution in [1.82, 2.24) is 8.61 Å². The van der Waals surface area contributed by atoms with E-state index < -0.39 is 10.2 Å². The Morgan fingerprint density at radius 1 is 1.18 bits per heavy atom. The molecule has 1 saturated heterocycles. The maximum atomic E-state index is 12.9. The Morgan fingerprint density at radius 2 is 1.91 bits per heavy atom. The van der Waals surface area contributed by atoms with Crippen molar-refractivity contribution in [3.05, 3.63) is 35.4 Å². The van der Waals surface area contributed by atoms with Gasteiger partial charge < -0.3 is 5.73 Å². The molecule has 0 radical (unpaired) electrons. The molecule has 1 aromatic carbocycles. The van der Waals surface area contributed by atoms with E-state index in [2.05, 4.69) is 6.07 Å². The Labute approximate surface area is 133 Å². The summed E-state index contributed by atoms with van der Waals surface area (Å²) in [6, 6.07) is 8.15. The van der Waals surface area contributed by atoms with E-state index in [4.69, 9.17) is 5.73 Å². The molecule has 6 heteroatoms. The van der Waals surface area contributed by atoms with E-state index in [1.165, 1.54) is 5.56 Å². The second-order valence-electron chi connectivity index (χ2n) is 6.48. The Bertz CT molecular complexity index is 630. The molecule has 3 rings (SSSR count). The molecule has 0 amide bonds. The van der Waals surface area contributed by atoms with Gasteiger partial charge in [-0.2, -0.15) is 17.0 Å². The van der Waals surface area contributed by atoms with Crippen LogP contribution in [0.15, 0.2) is 24.3 Å². The van der Waals surface area contributed by atoms with Crippen molar-refractivity contribution in [2.45, 2.75) is 38.8 Å². The van der Waals surface area contributed by atoms with E-state index in [-0.39, 0.29) is 12.0 Å². The fraction of sp³-hybridized carbons (Fsp3) is 0.625. The summed E-state index contributed by atoms with van der Waals surface area (Å²) in [6.45, 7) is 4.19. The van der Waals surface area contributed by atoms with Gasteiger partial charge in [0.15, 0.2) is 0 Å². The van der Waals surface area contributed by atoms with E-state index in [1.807, 2.05) is 25.1 Å². The molecule has 2 aliphatic heterocycles. The molecule has 0 aromatic heterocycles. The van der Waals surface area contributed by atoms with Crippen molar-refractivity contribution < 1.29 is 8.42 Å². The fourth-order valence-corrected chi connectivity index (χ4v) is 5.13. The lowest BCUT2D eigenvalue weighted by Gasteiger charge is -2.38. The van der Waals surface area contributed by atoms with Crippen LogP contribution in [0.1, 0.15) is 30.9 Å². The Balaban J connectivity index is 1.76. The largest absolute Gasteiger partial charge is 0.328 e. The molecule has 2 aliphatic rings. The van der Waals surface area contributed by atoms with Crippen LogP contribution in [0.25, 0.3) is 0 Å². The van der Waals surface area contributed by atoms with Crippen molar-refractivity contribution >= 4 is 10.2 Å². The Kier molecular flexibility index (Phi) is 4.54. The van der Waals surface area contributed by atoms with Crippen LogP contribution in [0.3, 0.4) is 0 Å². The van der Waals surface area contributed by atoms with Gasteiger partial charge in [0, 0.05) is 32.2 Å². The lowest BCUT2D eigenvalue weighted by Crippen LogP contribution is -2.51. The van der Waals surface area contributed by atoms with Crippen LogP contribution in [-0.4, -0.2) is 42.7 Å². The van der Waals surface area contributed by atoms with Gasteiger partial charge in [-0.25, -0.2) is 0 Å². The van der Waals surface area contributed by atoms with E-state index in [9.17, 15) is 8.42 Å². The van der Waals surface area contributed by atoms with Crippen molar-refractivity contribution in [2.75, 3.05) is 19.6 Å². The van der Waals surface area contributed by atoms with Gasteiger partial charge in [-0.3, -0.25) is 0 Å². The highest BCUT2D eigenvalue weighted by Gasteiger charge is 2.35. The minimum Gasteiger partial charge on any atom is -0.328 e. The molecule has 2 unspecified atom stereocenters. The lowest BCUT2D eigenvalue weighted by molar-refractivity contribution is 0.225. The van der Waals surface area contributed by atoms with Crippen LogP contribution in [0.4, 0.5) is 0 Å². The first-order valence-electron chi connectivity index (χ1n) is 8.06. The zero-order valence-corrected chi connectivity index (χ0v) is 13.9. The van der Waals surface area contributed by atoms with Crippen LogP contribution in [0.2, 0.25) is 0 Å². The third-order valence-electron chi connectivity index (χ3n) is 4.91. The number of rotatable bonds is 3. The molecule has 5 nitrogen and oxygen atoms in total. The minimum atomic E-state index is -3.38. The summed E-state index contributed by atoms with van der Waals surface area (Å²) in [4.78, 5) is 0. The summed E-state index contributed by atoms with van der Waals surface area (Å²) in [6.07, 6.45) is 2.71. The maximum absolute atomic E-state index is 12.9. The molecule has 0 aliphatic carbocycles. The SMILES string of the molecule is CC(N)C1CCCN(S(=O)(=O)N2CCc3ccccc3C2)C1. The number of nitrogens with two attached hydrogens (primary N) is 1. The van der Waals surface area contributed by atoms with Crippen LogP contribution in [0.5, 0.6) is 0 Å². The quantitative estimate of drug-likeness (QED) is 0.913. The molecule has 1 aromatic rings. The summed E-state index contributed by atoms with van der Waals surface area (Å²) >= 11 is 0. The summed E-state index contributed by atoms with van der Waals surface area (Å²) in [5.74, 6) is 0.264. The molecule has 1 fully saturated rings. The smallest absolute Gasteiger partial charge is 0.282 e. The van der Waals surface area contributed by atoms with E-state index in [0.717, 1.165) is 24.8 Å². The Hall–Kier alpha value is -0.950. The van der Waals surface area contributed by atoms with E-state index in [1.54, 1.807) is 8.61 Å². The number of hydrogen-bond donors (Lipinski definition) is 1. The second kappa shape index (κ2) is 6.28. The summed E-state index contributed by atoms with van der Waals surface area (Å²) in [5, 5.41) is 0. The number of fused-ring (bicyclic) bond motifs is 1. The molecule has 2 heterocycles. The predicted molar refractivity (Wildman–Crippen MR) is 87.4 cm³/mol. The summed E-state index contributed by atoms with van der Waals surface area (Å²) in [7, 11) is -3.38. The average Bonchev–Trinajstić information content (AvgIpc) is 2.54. The molecule has 0 spiro atoms. The predicted octanol–water partition coefficient (Wildman–Crippen LogP) is 1.35. The van der Waals surface area contributed by atoms with Crippen LogP contribution < -0.4 is 5.73 Å². The van der Waals surface area contributed by atoms with Gasteiger partial charge >= 0.3 is 0 Å². The molecule has 2 atom stereocenters. The van der Waals surface area contributed by atoms with Crippen LogP contribution in [0, 0.1) is 5.92 Å². The van der Waals surface area contributed by atoms with Gasteiger partial charge in [0.1, 0.15) is 0 Å². The molecule has 0 bridgehead atoms. The highest BCUT2D eigenvalue weighted by Crippen LogP contribution is 2.26. The Morgan fingerprint density at radius 3 is 2.64 bits per heavy atom. The maximum Gasteiger partial charge on any atom is 0.282 e. The normalized spacial score (nSPS) is 25.6. The number of nitrogens with zero attached hydrogens (tertiary/aromatic N) is 2. The van der Waals surface area contributed by atoms with Gasteiger partial charge in [0.25, 0.3) is 10.2 Å². The molecule has 122 valence electrons. The second-order valence-corrected chi connectivity index (χ2v) is 8.41. The van der Waals surface area contributed by atoms with Gasteiger partial charge in [0.2, 0.25) is 0 Å². The first-order chi connectivity index (χ1) is 10.5. The highest BCUT2D eigenvalue weighted by atomic mass is 32.2. The van der Waals surface area contributed by atoms with Crippen LogP contribution >= 0.6 is 0 Å².